The number of amides is 2. The maximum atomic E-state index is 14.7. The summed E-state index contributed by atoms with van der Waals surface area (Å²) in [7, 11) is 0. The van der Waals surface area contributed by atoms with Gasteiger partial charge in [-0.05, 0) is 58.5 Å². The van der Waals surface area contributed by atoms with Crippen molar-refractivity contribution in [2.45, 2.75) is 95.5 Å². The van der Waals surface area contributed by atoms with Crippen LogP contribution in [0.5, 0.6) is 0 Å². The average molecular weight is 600 g/mol. The zero-order valence-electron chi connectivity index (χ0n) is 24.5. The van der Waals surface area contributed by atoms with E-state index >= 15 is 0 Å². The molecule has 1 saturated heterocycles. The number of hydrogen-bond donors (Lipinski definition) is 8. The molecule has 7 unspecified atom stereocenters. The predicted molar refractivity (Wildman–Crippen MR) is 149 cm³/mol. The fraction of sp³-hybridized carbons (Fsp3) is 0.731. The van der Waals surface area contributed by atoms with E-state index < -0.39 is 101 Å². The molecule has 16 nitrogen and oxygen atoms in total. The molecule has 7 atom stereocenters. The number of nitrogens with zero attached hydrogens (tertiary/aromatic N) is 1. The molecule has 1 heterocycles. The van der Waals surface area contributed by atoms with Gasteiger partial charge in [-0.15, -0.1) is 0 Å². The summed E-state index contributed by atoms with van der Waals surface area (Å²) in [6.45, 7) is 5.17. The van der Waals surface area contributed by atoms with Crippen LogP contribution in [0.2, 0.25) is 0 Å². The first-order valence-electron chi connectivity index (χ1n) is 13.8. The average Bonchev–Trinajstić information content (AvgIpc) is 3.45. The molecule has 1 rings (SSSR count). The molecule has 238 valence electrons. The smallest absolute Gasteiger partial charge is 0.339 e. The van der Waals surface area contributed by atoms with E-state index in [4.69, 9.17) is 28.7 Å². The zero-order chi connectivity index (χ0) is 32.7. The number of nitrogens with two attached hydrogens (primary N) is 5. The molecular weight excluding hydrogens is 554 g/mol. The highest BCUT2D eigenvalue weighted by Crippen LogP contribution is 2.47. The van der Waals surface area contributed by atoms with Crippen molar-refractivity contribution in [1.29, 1.82) is 0 Å². The van der Waals surface area contributed by atoms with Crippen molar-refractivity contribution < 1.29 is 43.8 Å². The third kappa shape index (κ3) is 6.74. The van der Waals surface area contributed by atoms with E-state index in [9.17, 15) is 43.8 Å². The Morgan fingerprint density at radius 3 is 1.79 bits per heavy atom. The molecule has 0 aliphatic carbocycles. The van der Waals surface area contributed by atoms with Crippen molar-refractivity contribution in [1.82, 2.24) is 10.2 Å². The molecule has 1 aliphatic heterocycles. The minimum atomic E-state index is -3.63. The molecule has 0 radical (unpaired) electrons. The van der Waals surface area contributed by atoms with Crippen LogP contribution in [0.3, 0.4) is 0 Å². The molecule has 13 N–H and O–H groups in total. The minimum Gasteiger partial charge on any atom is -0.481 e. The Balaban J connectivity index is 4.66. The summed E-state index contributed by atoms with van der Waals surface area (Å²) < 4.78 is 0. The van der Waals surface area contributed by atoms with Crippen LogP contribution in [-0.2, 0) is 33.6 Å². The van der Waals surface area contributed by atoms with Gasteiger partial charge >= 0.3 is 11.9 Å². The van der Waals surface area contributed by atoms with E-state index in [1.165, 1.54) is 13.8 Å². The topological polar surface area (TPSA) is 305 Å². The number of ketones is 3. The number of carbonyl (C=O) groups is 7. The summed E-state index contributed by atoms with van der Waals surface area (Å²) in [5.74, 6) is -11.6. The number of hydrogen-bond acceptors (Lipinski definition) is 13. The van der Waals surface area contributed by atoms with Gasteiger partial charge in [0.25, 0.3) is 0 Å². The highest BCUT2D eigenvalue weighted by atomic mass is 16.4. The molecule has 16 heteroatoms. The highest BCUT2D eigenvalue weighted by Gasteiger charge is 2.75. The van der Waals surface area contributed by atoms with E-state index in [0.29, 0.717) is 6.42 Å². The number of carboxylic acid groups (broad SMARTS) is 2. The van der Waals surface area contributed by atoms with Gasteiger partial charge in [-0.1, -0.05) is 13.8 Å². The van der Waals surface area contributed by atoms with Gasteiger partial charge in [0.15, 0.2) is 17.3 Å². The van der Waals surface area contributed by atoms with Gasteiger partial charge in [0, 0.05) is 0 Å². The third-order valence-electron chi connectivity index (χ3n) is 7.57. The molecule has 0 aromatic heterocycles. The lowest BCUT2D eigenvalue weighted by Gasteiger charge is -2.52. The largest absolute Gasteiger partial charge is 0.481 e. The number of nitrogens with one attached hydrogen (secondary N) is 1. The summed E-state index contributed by atoms with van der Waals surface area (Å²) in [5.41, 5.74) is 22.8. The Kier molecular flexibility index (Phi) is 13.0. The first kappa shape index (κ1) is 36.9. The van der Waals surface area contributed by atoms with Crippen LogP contribution >= 0.6 is 0 Å². The van der Waals surface area contributed by atoms with Gasteiger partial charge in [0.2, 0.25) is 17.4 Å². The molecule has 0 bridgehead atoms. The van der Waals surface area contributed by atoms with Gasteiger partial charge in [0.1, 0.15) is 5.41 Å². The second-order valence-electron chi connectivity index (χ2n) is 11.1. The fourth-order valence-electron chi connectivity index (χ4n) is 5.36. The molecule has 0 aromatic rings. The third-order valence-corrected chi connectivity index (χ3v) is 7.57. The second kappa shape index (κ2) is 14.8. The first-order valence-corrected chi connectivity index (χ1v) is 13.8. The number of rotatable bonds is 17. The lowest BCUT2D eigenvalue weighted by molar-refractivity contribution is -0.188. The van der Waals surface area contributed by atoms with Crippen LogP contribution in [0.1, 0.15) is 59.8 Å². The lowest BCUT2D eigenvalue weighted by atomic mass is 9.54. The van der Waals surface area contributed by atoms with Crippen LogP contribution in [0, 0.1) is 11.3 Å². The molecule has 1 aliphatic rings. The van der Waals surface area contributed by atoms with Gasteiger partial charge in [0.05, 0.1) is 36.6 Å². The van der Waals surface area contributed by atoms with Crippen molar-refractivity contribution in [3.8, 4) is 0 Å². The van der Waals surface area contributed by atoms with Crippen molar-refractivity contribution in [2.75, 3.05) is 13.1 Å². The van der Waals surface area contributed by atoms with Crippen LogP contribution in [0.4, 0.5) is 0 Å². The van der Waals surface area contributed by atoms with Crippen molar-refractivity contribution in [3.05, 3.63) is 0 Å². The number of carbonyl (C=O) groups excluding carboxylic acids is 5. The lowest BCUT2D eigenvalue weighted by Crippen LogP contribution is -2.81. The van der Waals surface area contributed by atoms with Crippen molar-refractivity contribution in [3.63, 3.8) is 0 Å². The number of imide groups is 1. The highest BCUT2D eigenvalue weighted by molar-refractivity contribution is 6.28. The SMILES string of the molecule is CC(N)C(=O)N(C(=O)C(C)N)C(C(=O)O)(C(=O)C1CCCN1)C(CCCN)(C(=O)C(N)CC(=O)O)C(=O)C(N)C(C)C. The van der Waals surface area contributed by atoms with Crippen LogP contribution in [0.15, 0.2) is 0 Å². The van der Waals surface area contributed by atoms with E-state index in [0.717, 1.165) is 13.8 Å². The maximum absolute atomic E-state index is 14.7. The molecule has 2 amide bonds. The summed E-state index contributed by atoms with van der Waals surface area (Å²) in [4.78, 5) is 96.6. The van der Waals surface area contributed by atoms with Crippen LogP contribution < -0.4 is 34.0 Å². The monoisotopic (exact) mass is 599 g/mol. The van der Waals surface area contributed by atoms with E-state index in [1.807, 2.05) is 0 Å². The number of Topliss-reactive ketones (excluding diaryl/α,β-unsaturated/α-hetero) is 3. The van der Waals surface area contributed by atoms with Gasteiger partial charge in [-0.2, -0.15) is 0 Å². The molecule has 0 aromatic carbocycles. The maximum Gasteiger partial charge on any atom is 0.339 e. The standard InChI is InChI=1S/C26H45N7O9/c1-12(2)18(31)21(38)25(8-6-9-27,19(36)15(30)11-17(34)35)26(24(41)42,20(37)16-7-5-10-32-16)33(22(39)13(3)28)23(40)14(4)29/h12-16,18,32H,5-11,27-31H2,1-4H3,(H,34,35)(H,41,42). The van der Waals surface area contributed by atoms with Crippen LogP contribution in [-0.4, -0.2) is 105 Å². The fourth-order valence-corrected chi connectivity index (χ4v) is 5.36. The Bertz CT molecular complexity index is 1050. The zero-order valence-corrected chi connectivity index (χ0v) is 24.5. The molecule has 0 saturated carbocycles. The quantitative estimate of drug-likeness (QED) is 0.0764. The van der Waals surface area contributed by atoms with Gasteiger partial charge in [-0.25, -0.2) is 4.79 Å². The van der Waals surface area contributed by atoms with Crippen molar-refractivity contribution >= 4 is 41.1 Å². The van der Waals surface area contributed by atoms with Gasteiger partial charge in [-0.3, -0.25) is 33.7 Å². The Hall–Kier alpha value is -3.15. The van der Waals surface area contributed by atoms with Gasteiger partial charge < -0.3 is 44.2 Å². The van der Waals surface area contributed by atoms with E-state index in [-0.39, 0.29) is 30.8 Å². The van der Waals surface area contributed by atoms with Crippen molar-refractivity contribution in [2.24, 2.45) is 40.0 Å². The Labute approximate surface area is 244 Å². The summed E-state index contributed by atoms with van der Waals surface area (Å²) in [6, 6.07) is -8.30. The summed E-state index contributed by atoms with van der Waals surface area (Å²) >= 11 is 0. The molecule has 42 heavy (non-hydrogen) atoms. The summed E-state index contributed by atoms with van der Waals surface area (Å²) in [6.07, 6.45) is -1.81. The number of aliphatic carboxylic acids is 2. The van der Waals surface area contributed by atoms with E-state index in [1.54, 1.807) is 0 Å². The normalized spacial score (nSPS) is 20.9. The minimum absolute atomic E-state index is 0.000148. The molecule has 0 spiro atoms. The Morgan fingerprint density at radius 2 is 1.43 bits per heavy atom. The second-order valence-corrected chi connectivity index (χ2v) is 11.1. The number of carboxylic acids is 2. The molecule has 1 fully saturated rings. The first-order chi connectivity index (χ1) is 19.4. The Morgan fingerprint density at radius 1 is 0.905 bits per heavy atom. The summed E-state index contributed by atoms with van der Waals surface area (Å²) in [5, 5.41) is 23.3. The van der Waals surface area contributed by atoms with E-state index in [2.05, 4.69) is 5.32 Å². The van der Waals surface area contributed by atoms with Crippen LogP contribution in [0.25, 0.3) is 0 Å². The molecular formula is C26H45N7O9. The predicted octanol–water partition coefficient (Wildman–Crippen LogP) is -3.17.